The molecule has 2 rings (SSSR count). The number of carbonyl (C=O) groups excluding carboxylic acids is 1. The van der Waals surface area contributed by atoms with Crippen LogP contribution in [-0.2, 0) is 0 Å². The van der Waals surface area contributed by atoms with Gasteiger partial charge in [0.05, 0.1) is 30.7 Å². The minimum absolute atomic E-state index is 0.0749. The molecule has 1 aromatic heterocycles. The topological polar surface area (TPSA) is 71.2 Å². The van der Waals surface area contributed by atoms with E-state index in [-0.39, 0.29) is 24.0 Å². The molecule has 1 amide bonds. The zero-order valence-corrected chi connectivity index (χ0v) is 13.4. The third kappa shape index (κ3) is 3.33. The van der Waals surface area contributed by atoms with Crippen LogP contribution in [0.2, 0.25) is 0 Å². The Kier molecular flexibility index (Phi) is 4.61. The minimum atomic E-state index is -0.255. The van der Waals surface area contributed by atoms with Gasteiger partial charge in [-0.25, -0.2) is 4.68 Å². The predicted octanol–water partition coefficient (Wildman–Crippen LogP) is 1.75. The van der Waals surface area contributed by atoms with E-state index in [1.54, 1.807) is 41.2 Å². The first-order valence-electron chi connectivity index (χ1n) is 7.19. The molecule has 0 aliphatic rings. The molecule has 1 atom stereocenters. The predicted molar refractivity (Wildman–Crippen MR) is 83.8 cm³/mol. The van der Waals surface area contributed by atoms with Gasteiger partial charge in [0, 0.05) is 12.6 Å². The van der Waals surface area contributed by atoms with Gasteiger partial charge in [0.15, 0.2) is 0 Å². The van der Waals surface area contributed by atoms with E-state index in [4.69, 9.17) is 0 Å². The van der Waals surface area contributed by atoms with E-state index in [1.165, 1.54) is 0 Å². The lowest BCUT2D eigenvalue weighted by Gasteiger charge is -2.36. The summed E-state index contributed by atoms with van der Waals surface area (Å²) in [5, 5.41) is 17.3. The number of benzene rings is 1. The molecule has 22 heavy (non-hydrogen) atoms. The molecule has 0 radical (unpaired) electrons. The fraction of sp³-hybridized carbons (Fsp3) is 0.438. The Morgan fingerprint density at radius 1 is 1.41 bits per heavy atom. The summed E-state index contributed by atoms with van der Waals surface area (Å²) in [5.74, 6) is -0.129. The Morgan fingerprint density at radius 3 is 2.68 bits per heavy atom. The first-order chi connectivity index (χ1) is 10.3. The molecule has 1 unspecified atom stereocenters. The van der Waals surface area contributed by atoms with Crippen molar-refractivity contribution in [2.75, 3.05) is 13.7 Å². The molecule has 1 N–H and O–H groups in total. The highest BCUT2D eigenvalue weighted by Crippen LogP contribution is 2.24. The number of aliphatic hydroxyl groups excluding tert-OH is 1. The van der Waals surface area contributed by atoms with Gasteiger partial charge in [-0.2, -0.15) is 0 Å². The van der Waals surface area contributed by atoms with Crippen LogP contribution in [0.5, 0.6) is 0 Å². The van der Waals surface area contributed by atoms with E-state index < -0.39 is 0 Å². The summed E-state index contributed by atoms with van der Waals surface area (Å²) in [5.41, 5.74) is 1.12. The smallest absolute Gasteiger partial charge is 0.254 e. The zero-order valence-electron chi connectivity index (χ0n) is 13.4. The van der Waals surface area contributed by atoms with E-state index in [1.807, 2.05) is 32.9 Å². The highest BCUT2D eigenvalue weighted by Gasteiger charge is 2.31. The summed E-state index contributed by atoms with van der Waals surface area (Å²) < 4.78 is 1.60. The van der Waals surface area contributed by atoms with Crippen molar-refractivity contribution in [3.63, 3.8) is 0 Å². The number of hydrogen-bond acceptors (Lipinski definition) is 4. The van der Waals surface area contributed by atoms with Gasteiger partial charge in [-0.05, 0) is 23.6 Å². The van der Waals surface area contributed by atoms with E-state index in [9.17, 15) is 9.90 Å². The summed E-state index contributed by atoms with van der Waals surface area (Å²) in [4.78, 5) is 14.3. The maximum absolute atomic E-state index is 12.7. The number of likely N-dealkylation sites (N-methyl/N-ethyl adjacent to an activating group) is 1. The van der Waals surface area contributed by atoms with Crippen LogP contribution >= 0.6 is 0 Å². The molecule has 6 nitrogen and oxygen atoms in total. The Hall–Kier alpha value is -2.21. The van der Waals surface area contributed by atoms with Gasteiger partial charge in [0.1, 0.15) is 0 Å². The SMILES string of the molecule is CN(C(=O)c1cccc(-n2ccnn2)c1)C(CO)C(C)(C)C. The Bertz CT molecular complexity index is 632. The van der Waals surface area contributed by atoms with Crippen LogP contribution in [0.1, 0.15) is 31.1 Å². The molecule has 0 bridgehead atoms. The van der Waals surface area contributed by atoms with Crippen LogP contribution in [0.15, 0.2) is 36.7 Å². The Labute approximate surface area is 130 Å². The molecule has 0 aliphatic heterocycles. The lowest BCUT2D eigenvalue weighted by Crippen LogP contribution is -2.47. The Morgan fingerprint density at radius 2 is 2.14 bits per heavy atom. The molecule has 0 spiro atoms. The van der Waals surface area contributed by atoms with E-state index >= 15 is 0 Å². The summed E-state index contributed by atoms with van der Waals surface area (Å²) in [6.07, 6.45) is 3.31. The normalized spacial score (nSPS) is 13.0. The van der Waals surface area contributed by atoms with Crippen molar-refractivity contribution in [2.45, 2.75) is 26.8 Å². The lowest BCUT2D eigenvalue weighted by molar-refractivity contribution is 0.0433. The average molecular weight is 302 g/mol. The molecule has 0 aliphatic carbocycles. The highest BCUT2D eigenvalue weighted by molar-refractivity contribution is 5.94. The minimum Gasteiger partial charge on any atom is -0.394 e. The summed E-state index contributed by atoms with van der Waals surface area (Å²) in [6, 6.07) is 6.94. The molecule has 118 valence electrons. The molecule has 1 aromatic carbocycles. The van der Waals surface area contributed by atoms with E-state index in [0.717, 1.165) is 5.69 Å². The highest BCUT2D eigenvalue weighted by atomic mass is 16.3. The quantitative estimate of drug-likeness (QED) is 0.934. The number of hydrogen-bond donors (Lipinski definition) is 1. The first kappa shape index (κ1) is 16.2. The van der Waals surface area contributed by atoms with Crippen LogP contribution < -0.4 is 0 Å². The number of nitrogens with zero attached hydrogens (tertiary/aromatic N) is 4. The monoisotopic (exact) mass is 302 g/mol. The van der Waals surface area contributed by atoms with Crippen LogP contribution in [0.4, 0.5) is 0 Å². The summed E-state index contributed by atoms with van der Waals surface area (Å²) in [6.45, 7) is 5.94. The number of rotatable bonds is 4. The number of aliphatic hydroxyl groups is 1. The second kappa shape index (κ2) is 6.27. The van der Waals surface area contributed by atoms with Gasteiger partial charge >= 0.3 is 0 Å². The van der Waals surface area contributed by atoms with Crippen LogP contribution in [0.3, 0.4) is 0 Å². The second-order valence-electron chi connectivity index (χ2n) is 6.38. The van der Waals surface area contributed by atoms with Gasteiger partial charge in [0.2, 0.25) is 0 Å². The van der Waals surface area contributed by atoms with Gasteiger partial charge < -0.3 is 10.0 Å². The molecule has 0 saturated carbocycles. The van der Waals surface area contributed by atoms with Crippen molar-refractivity contribution in [3.8, 4) is 5.69 Å². The summed E-state index contributed by atoms with van der Waals surface area (Å²) >= 11 is 0. The van der Waals surface area contributed by atoms with Crippen molar-refractivity contribution < 1.29 is 9.90 Å². The average Bonchev–Trinajstić information content (AvgIpc) is 3.00. The lowest BCUT2D eigenvalue weighted by atomic mass is 9.86. The van der Waals surface area contributed by atoms with E-state index in [0.29, 0.717) is 5.56 Å². The van der Waals surface area contributed by atoms with Crippen molar-refractivity contribution in [1.82, 2.24) is 19.9 Å². The third-order valence-corrected chi connectivity index (χ3v) is 3.74. The standard InChI is InChI=1S/C16H22N4O2/c1-16(2,3)14(11-21)19(4)15(22)12-6-5-7-13(10-12)20-9-8-17-18-20/h5-10,14,21H,11H2,1-4H3. The molecule has 0 fully saturated rings. The molecule has 6 heteroatoms. The van der Waals surface area contributed by atoms with Gasteiger partial charge in [0.25, 0.3) is 5.91 Å². The second-order valence-corrected chi connectivity index (χ2v) is 6.38. The first-order valence-corrected chi connectivity index (χ1v) is 7.19. The zero-order chi connectivity index (χ0) is 16.3. The maximum Gasteiger partial charge on any atom is 0.254 e. The number of amides is 1. The third-order valence-electron chi connectivity index (χ3n) is 3.74. The van der Waals surface area contributed by atoms with Crippen molar-refractivity contribution in [1.29, 1.82) is 0 Å². The molecule has 1 heterocycles. The molecular formula is C16H22N4O2. The largest absolute Gasteiger partial charge is 0.394 e. The van der Waals surface area contributed by atoms with Crippen molar-refractivity contribution in [3.05, 3.63) is 42.2 Å². The van der Waals surface area contributed by atoms with Crippen LogP contribution in [0, 0.1) is 5.41 Å². The summed E-state index contributed by atoms with van der Waals surface area (Å²) in [7, 11) is 1.72. The fourth-order valence-corrected chi connectivity index (χ4v) is 2.45. The van der Waals surface area contributed by atoms with Gasteiger partial charge in [-0.3, -0.25) is 4.79 Å². The van der Waals surface area contributed by atoms with Crippen molar-refractivity contribution >= 4 is 5.91 Å². The molecule has 0 saturated heterocycles. The molecule has 2 aromatic rings. The maximum atomic E-state index is 12.7. The Balaban J connectivity index is 2.28. The number of carbonyl (C=O) groups is 1. The van der Waals surface area contributed by atoms with Crippen molar-refractivity contribution in [2.24, 2.45) is 5.41 Å². The fourth-order valence-electron chi connectivity index (χ4n) is 2.45. The number of aromatic nitrogens is 3. The molecular weight excluding hydrogens is 280 g/mol. The van der Waals surface area contributed by atoms with Crippen LogP contribution in [-0.4, -0.2) is 50.6 Å². The van der Waals surface area contributed by atoms with Gasteiger partial charge in [-0.1, -0.05) is 32.1 Å². The van der Waals surface area contributed by atoms with Gasteiger partial charge in [-0.15, -0.1) is 5.10 Å². The van der Waals surface area contributed by atoms with E-state index in [2.05, 4.69) is 10.3 Å². The van der Waals surface area contributed by atoms with Crippen LogP contribution in [0.25, 0.3) is 5.69 Å².